The molecule has 0 aromatic heterocycles. The lowest BCUT2D eigenvalue weighted by atomic mass is 9.92. The number of hydrogen-bond donors (Lipinski definition) is 5. The van der Waals surface area contributed by atoms with Crippen LogP contribution in [0.15, 0.2) is 72.8 Å². The number of hydrogen-bond acceptors (Lipinski definition) is 8. The van der Waals surface area contributed by atoms with Crippen LogP contribution in [-0.4, -0.2) is 70.6 Å². The lowest BCUT2D eigenvalue weighted by molar-refractivity contribution is -0.138. The number of rotatable bonds is 17. The highest BCUT2D eigenvalue weighted by Crippen LogP contribution is 2.46. The van der Waals surface area contributed by atoms with Gasteiger partial charge in [-0.1, -0.05) is 24.3 Å². The summed E-state index contributed by atoms with van der Waals surface area (Å²) in [6.07, 6.45) is 0.465. The number of amides is 3. The van der Waals surface area contributed by atoms with Gasteiger partial charge in [-0.3, -0.25) is 19.2 Å². The van der Waals surface area contributed by atoms with Crippen molar-refractivity contribution < 1.29 is 42.9 Å². The molecule has 3 aromatic carbocycles. The summed E-state index contributed by atoms with van der Waals surface area (Å²) in [4.78, 5) is 49.7. The minimum atomic E-state index is -1.07. The number of carbonyl (C=O) groups excluding carboxylic acids is 3. The standard InChI is InChI=1S/C33H36F2N4O7S/c34-22-8-4-20(5-9-22)27(40)19-47-31-30(39(32(31)43)24-12-10-23(35)11-13-24)21-6-14-25(15-7-21)46-18-29(42)38-17-28(41)37-16-2-1-3-26(36)33(44)45/h4-15,26-27,30-31,40H,1-3,16-19,36H2,(H,37,41)(H,38,42)(H,44,45)/t26-,27+,30?,31-/m1/s1. The van der Waals surface area contributed by atoms with Gasteiger partial charge in [0.2, 0.25) is 11.8 Å². The van der Waals surface area contributed by atoms with Gasteiger partial charge in [-0.05, 0) is 78.9 Å². The summed E-state index contributed by atoms with van der Waals surface area (Å²) in [5, 5.41) is 24.0. The number of carbonyl (C=O) groups is 4. The zero-order chi connectivity index (χ0) is 33.9. The van der Waals surface area contributed by atoms with Crippen LogP contribution in [0.25, 0.3) is 0 Å². The van der Waals surface area contributed by atoms with Gasteiger partial charge in [0.1, 0.15) is 28.7 Å². The molecule has 1 heterocycles. The Morgan fingerprint density at radius 1 is 0.915 bits per heavy atom. The number of anilines is 1. The van der Waals surface area contributed by atoms with E-state index >= 15 is 0 Å². The van der Waals surface area contributed by atoms with Crippen molar-refractivity contribution in [2.75, 3.05) is 30.3 Å². The molecular formula is C33H36F2N4O7S. The van der Waals surface area contributed by atoms with E-state index in [0.717, 1.165) is 5.56 Å². The van der Waals surface area contributed by atoms with E-state index in [4.69, 9.17) is 15.6 Å². The van der Waals surface area contributed by atoms with Gasteiger partial charge in [0.25, 0.3) is 5.91 Å². The van der Waals surface area contributed by atoms with E-state index < -0.39 is 52.9 Å². The highest BCUT2D eigenvalue weighted by atomic mass is 32.2. The number of benzene rings is 3. The Labute approximate surface area is 274 Å². The maximum absolute atomic E-state index is 13.6. The molecule has 250 valence electrons. The Bertz CT molecular complexity index is 1530. The third-order valence-corrected chi connectivity index (χ3v) is 8.78. The van der Waals surface area contributed by atoms with Crippen molar-refractivity contribution in [2.24, 2.45) is 5.73 Å². The summed E-state index contributed by atoms with van der Waals surface area (Å²) in [5.74, 6) is -2.48. The SMILES string of the molecule is N[C@H](CCCCNC(=O)CNC(=O)COc1ccc(C2[C@@H](SC[C@H](O)c3ccc(F)cc3)C(=O)N2c2ccc(F)cc2)cc1)C(=O)O. The first kappa shape index (κ1) is 35.3. The van der Waals surface area contributed by atoms with Gasteiger partial charge in [0.15, 0.2) is 6.61 Å². The molecule has 1 fully saturated rings. The van der Waals surface area contributed by atoms with Crippen LogP contribution >= 0.6 is 11.8 Å². The number of nitrogens with two attached hydrogens (primary N) is 1. The molecule has 6 N–H and O–H groups in total. The number of nitrogens with one attached hydrogen (secondary N) is 2. The Hall–Kier alpha value is -4.53. The maximum Gasteiger partial charge on any atom is 0.320 e. The highest BCUT2D eigenvalue weighted by molar-refractivity contribution is 8.00. The Balaban J connectivity index is 1.29. The fourth-order valence-electron chi connectivity index (χ4n) is 4.86. The van der Waals surface area contributed by atoms with Gasteiger partial charge in [-0.15, -0.1) is 11.8 Å². The number of carboxylic acid groups (broad SMARTS) is 1. The van der Waals surface area contributed by atoms with Crippen molar-refractivity contribution in [2.45, 2.75) is 42.7 Å². The Morgan fingerprint density at radius 3 is 2.19 bits per heavy atom. The van der Waals surface area contributed by atoms with E-state index in [9.17, 15) is 33.1 Å². The van der Waals surface area contributed by atoms with Gasteiger partial charge in [-0.2, -0.15) is 0 Å². The minimum absolute atomic E-state index is 0.186. The summed E-state index contributed by atoms with van der Waals surface area (Å²) in [7, 11) is 0. The van der Waals surface area contributed by atoms with Gasteiger partial charge in [0, 0.05) is 18.0 Å². The number of carboxylic acids is 1. The van der Waals surface area contributed by atoms with E-state index in [0.29, 0.717) is 42.8 Å². The maximum atomic E-state index is 13.6. The minimum Gasteiger partial charge on any atom is -0.484 e. The number of ether oxygens (including phenoxy) is 1. The largest absolute Gasteiger partial charge is 0.484 e. The van der Waals surface area contributed by atoms with E-state index in [-0.39, 0.29) is 24.8 Å². The summed E-state index contributed by atoms with van der Waals surface area (Å²) < 4.78 is 32.5. The number of nitrogens with zero attached hydrogens (tertiary/aromatic N) is 1. The number of aliphatic carboxylic acids is 1. The van der Waals surface area contributed by atoms with Gasteiger partial charge < -0.3 is 36.2 Å². The molecular weight excluding hydrogens is 634 g/mol. The smallest absolute Gasteiger partial charge is 0.320 e. The van der Waals surface area contributed by atoms with Crippen LogP contribution in [0.3, 0.4) is 0 Å². The fourth-order valence-corrected chi connectivity index (χ4v) is 6.16. The first-order valence-electron chi connectivity index (χ1n) is 14.9. The second kappa shape index (κ2) is 16.9. The zero-order valence-corrected chi connectivity index (χ0v) is 26.1. The third kappa shape index (κ3) is 9.98. The molecule has 4 rings (SSSR count). The van der Waals surface area contributed by atoms with Crippen molar-refractivity contribution >= 4 is 41.1 Å². The topological polar surface area (TPSA) is 171 Å². The van der Waals surface area contributed by atoms with E-state index in [1.165, 1.54) is 60.3 Å². The van der Waals surface area contributed by atoms with Crippen molar-refractivity contribution in [3.63, 3.8) is 0 Å². The van der Waals surface area contributed by atoms with Crippen LogP contribution in [0.5, 0.6) is 5.75 Å². The molecule has 0 radical (unpaired) electrons. The first-order valence-corrected chi connectivity index (χ1v) is 16.0. The molecule has 11 nitrogen and oxygen atoms in total. The second-order valence-electron chi connectivity index (χ2n) is 10.9. The Morgan fingerprint density at radius 2 is 1.55 bits per heavy atom. The predicted molar refractivity (Wildman–Crippen MR) is 172 cm³/mol. The number of aliphatic hydroxyl groups is 1. The van der Waals surface area contributed by atoms with E-state index in [1.807, 2.05) is 0 Å². The average molecular weight is 671 g/mol. The molecule has 1 saturated heterocycles. The van der Waals surface area contributed by atoms with Crippen LogP contribution in [0.2, 0.25) is 0 Å². The van der Waals surface area contributed by atoms with Gasteiger partial charge in [-0.25, -0.2) is 8.78 Å². The van der Waals surface area contributed by atoms with E-state index in [1.54, 1.807) is 29.2 Å². The van der Waals surface area contributed by atoms with E-state index in [2.05, 4.69) is 10.6 Å². The summed E-state index contributed by atoms with van der Waals surface area (Å²) in [5.41, 5.74) is 7.23. The molecule has 0 saturated carbocycles. The van der Waals surface area contributed by atoms with Gasteiger partial charge >= 0.3 is 5.97 Å². The Kier molecular flexibility index (Phi) is 12.7. The lowest BCUT2D eigenvalue weighted by Gasteiger charge is -2.47. The summed E-state index contributed by atoms with van der Waals surface area (Å²) in [6.45, 7) is -0.272. The van der Waals surface area contributed by atoms with Crippen LogP contribution in [-0.2, 0) is 19.2 Å². The number of aliphatic hydroxyl groups excluding tert-OH is 1. The van der Waals surface area contributed by atoms with Crippen molar-refractivity contribution in [1.82, 2.24) is 10.6 Å². The lowest BCUT2D eigenvalue weighted by Crippen LogP contribution is -2.57. The summed E-state index contributed by atoms with van der Waals surface area (Å²) in [6, 6.07) is 16.5. The molecule has 1 unspecified atom stereocenters. The van der Waals surface area contributed by atoms with Gasteiger partial charge in [0.05, 0.1) is 18.7 Å². The predicted octanol–water partition coefficient (Wildman–Crippen LogP) is 3.08. The fraction of sp³-hybridized carbons (Fsp3) is 0.333. The molecule has 0 aliphatic carbocycles. The molecule has 1 aliphatic heterocycles. The number of halogens is 2. The van der Waals surface area contributed by atoms with Crippen LogP contribution < -0.4 is 26.0 Å². The molecule has 47 heavy (non-hydrogen) atoms. The van der Waals surface area contributed by atoms with Crippen LogP contribution in [0, 0.1) is 11.6 Å². The molecule has 3 aromatic rings. The molecule has 14 heteroatoms. The van der Waals surface area contributed by atoms with Crippen molar-refractivity contribution in [3.05, 3.63) is 95.6 Å². The van der Waals surface area contributed by atoms with Crippen LogP contribution in [0.1, 0.15) is 42.5 Å². The number of unbranched alkanes of at least 4 members (excludes halogenated alkanes) is 1. The molecule has 0 spiro atoms. The molecule has 4 atom stereocenters. The van der Waals surface area contributed by atoms with Crippen LogP contribution in [0.4, 0.5) is 14.5 Å². The third-order valence-electron chi connectivity index (χ3n) is 7.46. The van der Waals surface area contributed by atoms with Crippen molar-refractivity contribution in [3.8, 4) is 5.75 Å². The molecule has 0 bridgehead atoms. The second-order valence-corrected chi connectivity index (χ2v) is 12.1. The number of β-lactam (4-membered cyclic amide) rings is 1. The monoisotopic (exact) mass is 670 g/mol. The zero-order valence-electron chi connectivity index (χ0n) is 25.3. The normalized spacial score (nSPS) is 16.9. The summed E-state index contributed by atoms with van der Waals surface area (Å²) >= 11 is 1.27. The quantitative estimate of drug-likeness (QED) is 0.107. The number of thioether (sulfide) groups is 1. The molecule has 3 amide bonds. The van der Waals surface area contributed by atoms with Crippen molar-refractivity contribution in [1.29, 1.82) is 0 Å². The molecule has 1 aliphatic rings. The highest BCUT2D eigenvalue weighted by Gasteiger charge is 2.49. The first-order chi connectivity index (χ1) is 22.5. The average Bonchev–Trinajstić information content (AvgIpc) is 3.06.